The summed E-state index contributed by atoms with van der Waals surface area (Å²) in [5, 5.41) is 12.9. The molecule has 1 aromatic carbocycles. The van der Waals surface area contributed by atoms with E-state index in [0.717, 1.165) is 57.0 Å². The average Bonchev–Trinajstić information content (AvgIpc) is 2.79. The normalized spacial score (nSPS) is 25.2. The molecule has 0 unspecified atom stereocenters. The van der Waals surface area contributed by atoms with Crippen LogP contribution in [0.25, 0.3) is 0 Å². The van der Waals surface area contributed by atoms with Gasteiger partial charge in [0.1, 0.15) is 5.75 Å². The molecule has 2 N–H and O–H groups in total. The maximum Gasteiger partial charge on any atom is 0.251 e. The zero-order valence-corrected chi connectivity index (χ0v) is 18.1. The van der Waals surface area contributed by atoms with Crippen molar-refractivity contribution in [3.05, 3.63) is 24.3 Å². The van der Waals surface area contributed by atoms with Crippen LogP contribution in [0.5, 0.6) is 5.75 Å². The fourth-order valence-corrected chi connectivity index (χ4v) is 4.13. The van der Waals surface area contributed by atoms with Crippen LogP contribution >= 0.6 is 0 Å². The van der Waals surface area contributed by atoms with E-state index >= 15 is 0 Å². The smallest absolute Gasteiger partial charge is 0.251 e. The van der Waals surface area contributed by atoms with Crippen molar-refractivity contribution >= 4 is 11.6 Å². The lowest BCUT2D eigenvalue weighted by Crippen LogP contribution is -2.50. The summed E-state index contributed by atoms with van der Waals surface area (Å²) in [6.45, 7) is 5.66. The van der Waals surface area contributed by atoms with Crippen LogP contribution < -0.4 is 15.0 Å². The molecule has 1 aromatic rings. The predicted molar refractivity (Wildman–Crippen MR) is 115 cm³/mol. The first kappa shape index (κ1) is 22.8. The molecule has 0 aromatic heterocycles. The molecule has 3 rings (SSSR count). The topological polar surface area (TPSA) is 83.5 Å². The molecular weight excluding hydrogens is 386 g/mol. The highest BCUT2D eigenvalue weighted by molar-refractivity contribution is 5.81. The summed E-state index contributed by atoms with van der Waals surface area (Å²) in [6, 6.07) is 8.14. The van der Waals surface area contributed by atoms with Crippen molar-refractivity contribution in [2.24, 2.45) is 0 Å². The Hall–Kier alpha value is -1.87. The predicted octanol–water partition coefficient (Wildman–Crippen LogP) is 0.878. The molecule has 0 radical (unpaired) electrons. The van der Waals surface area contributed by atoms with Crippen molar-refractivity contribution < 1.29 is 24.1 Å². The van der Waals surface area contributed by atoms with Crippen molar-refractivity contribution in [1.29, 1.82) is 0 Å². The highest BCUT2D eigenvalue weighted by Crippen LogP contribution is 2.28. The Bertz CT molecular complexity index is 666. The van der Waals surface area contributed by atoms with E-state index in [0.29, 0.717) is 19.6 Å². The van der Waals surface area contributed by atoms with Crippen LogP contribution in [-0.2, 0) is 14.3 Å². The second-order valence-corrected chi connectivity index (χ2v) is 7.90. The van der Waals surface area contributed by atoms with Crippen LogP contribution in [0.3, 0.4) is 0 Å². The van der Waals surface area contributed by atoms with Gasteiger partial charge in [0.15, 0.2) is 6.10 Å². The van der Waals surface area contributed by atoms with Crippen LogP contribution in [0.15, 0.2) is 24.3 Å². The van der Waals surface area contributed by atoms with Gasteiger partial charge in [-0.2, -0.15) is 0 Å². The number of para-hydroxylation sites is 2. The number of piperazine rings is 1. The van der Waals surface area contributed by atoms with Crippen LogP contribution in [0, 0.1) is 0 Å². The fourth-order valence-electron chi connectivity index (χ4n) is 4.13. The lowest BCUT2D eigenvalue weighted by molar-refractivity contribution is -0.158. The van der Waals surface area contributed by atoms with Crippen LogP contribution in [0.1, 0.15) is 19.3 Å². The van der Waals surface area contributed by atoms with Gasteiger partial charge in [0.05, 0.1) is 31.6 Å². The highest BCUT2D eigenvalue weighted by Gasteiger charge is 2.35. The summed E-state index contributed by atoms with van der Waals surface area (Å²) in [6.07, 6.45) is 0.706. The van der Waals surface area contributed by atoms with Crippen molar-refractivity contribution in [3.63, 3.8) is 0 Å². The molecular formula is C22H35N3O5. The van der Waals surface area contributed by atoms with Gasteiger partial charge in [-0.25, -0.2) is 0 Å². The minimum atomic E-state index is -0.789. The van der Waals surface area contributed by atoms with E-state index in [9.17, 15) is 9.90 Å². The lowest BCUT2D eigenvalue weighted by atomic mass is 9.98. The third-order valence-corrected chi connectivity index (χ3v) is 5.90. The Morgan fingerprint density at radius 1 is 1.20 bits per heavy atom. The average molecular weight is 422 g/mol. The van der Waals surface area contributed by atoms with E-state index in [1.54, 1.807) is 14.2 Å². The quantitative estimate of drug-likeness (QED) is 0.573. The second kappa shape index (κ2) is 11.5. The Labute approximate surface area is 179 Å². The molecule has 2 aliphatic heterocycles. The van der Waals surface area contributed by atoms with Gasteiger partial charge >= 0.3 is 0 Å². The number of hydrogen-bond acceptors (Lipinski definition) is 7. The van der Waals surface area contributed by atoms with Gasteiger partial charge < -0.3 is 29.5 Å². The minimum absolute atomic E-state index is 0.00109. The molecule has 0 saturated carbocycles. The van der Waals surface area contributed by atoms with E-state index in [1.165, 1.54) is 0 Å². The number of aliphatic hydroxyl groups excluding tert-OH is 1. The summed E-state index contributed by atoms with van der Waals surface area (Å²) in [5.74, 6) is 0.657. The maximum absolute atomic E-state index is 12.3. The zero-order valence-electron chi connectivity index (χ0n) is 18.1. The van der Waals surface area contributed by atoms with Gasteiger partial charge in [-0.05, 0) is 31.4 Å². The number of rotatable bonds is 9. The van der Waals surface area contributed by atoms with Crippen molar-refractivity contribution in [2.45, 2.75) is 37.6 Å². The van der Waals surface area contributed by atoms with Crippen LogP contribution in [-0.4, -0.2) is 94.3 Å². The third kappa shape index (κ3) is 6.07. The molecule has 30 heavy (non-hydrogen) atoms. The first-order valence-electron chi connectivity index (χ1n) is 10.8. The summed E-state index contributed by atoms with van der Waals surface area (Å²) >= 11 is 0. The van der Waals surface area contributed by atoms with Gasteiger partial charge in [0, 0.05) is 46.4 Å². The SMILES string of the molecule is COCCNC(=O)[C@@H]1O[C@H](CCN2CCN(c3ccccc3OC)CC2)CC[C@@H]1O. The number of aliphatic hydroxyl groups is 1. The van der Waals surface area contributed by atoms with Crippen molar-refractivity contribution in [2.75, 3.05) is 65.0 Å². The third-order valence-electron chi connectivity index (χ3n) is 5.90. The number of benzene rings is 1. The van der Waals surface area contributed by atoms with E-state index in [1.807, 2.05) is 18.2 Å². The van der Waals surface area contributed by atoms with Gasteiger partial charge in [-0.1, -0.05) is 12.1 Å². The summed E-state index contributed by atoms with van der Waals surface area (Å²) in [7, 11) is 3.30. The van der Waals surface area contributed by atoms with Crippen molar-refractivity contribution in [3.8, 4) is 5.75 Å². The lowest BCUT2D eigenvalue weighted by Gasteiger charge is -2.38. The summed E-state index contributed by atoms with van der Waals surface area (Å²) in [5.41, 5.74) is 1.14. The zero-order chi connectivity index (χ0) is 21.3. The first-order valence-corrected chi connectivity index (χ1v) is 10.8. The minimum Gasteiger partial charge on any atom is -0.495 e. The standard InChI is InChI=1S/C22H35N3O5/c1-28-16-10-23-22(27)21-19(26)8-7-17(30-21)9-11-24-12-14-25(15-13-24)18-5-3-4-6-20(18)29-2/h3-6,17,19,21,26H,7-16H2,1-2H3,(H,23,27)/t17-,19-,21+/m0/s1. The Balaban J connectivity index is 1.42. The molecule has 8 heteroatoms. The van der Waals surface area contributed by atoms with E-state index < -0.39 is 12.2 Å². The first-order chi connectivity index (χ1) is 14.6. The van der Waals surface area contributed by atoms with E-state index in [2.05, 4.69) is 21.2 Å². The highest BCUT2D eigenvalue weighted by atomic mass is 16.5. The molecule has 2 heterocycles. The molecule has 2 aliphatic rings. The molecule has 0 bridgehead atoms. The molecule has 168 valence electrons. The molecule has 1 amide bonds. The number of amides is 1. The number of carbonyl (C=O) groups is 1. The van der Waals surface area contributed by atoms with Crippen LogP contribution in [0.4, 0.5) is 5.69 Å². The maximum atomic E-state index is 12.3. The Morgan fingerprint density at radius 2 is 1.97 bits per heavy atom. The molecule has 3 atom stereocenters. The number of ether oxygens (including phenoxy) is 3. The molecule has 0 aliphatic carbocycles. The number of methoxy groups -OCH3 is 2. The molecule has 2 saturated heterocycles. The monoisotopic (exact) mass is 421 g/mol. The fraction of sp³-hybridized carbons (Fsp3) is 0.682. The summed E-state index contributed by atoms with van der Waals surface area (Å²) in [4.78, 5) is 17.1. The van der Waals surface area contributed by atoms with E-state index in [4.69, 9.17) is 14.2 Å². The van der Waals surface area contributed by atoms with Crippen LogP contribution in [0.2, 0.25) is 0 Å². The Morgan fingerprint density at radius 3 is 2.70 bits per heavy atom. The molecule has 0 spiro atoms. The number of anilines is 1. The second-order valence-electron chi connectivity index (χ2n) is 7.90. The number of nitrogens with one attached hydrogen (secondary N) is 1. The number of hydrogen-bond donors (Lipinski definition) is 2. The van der Waals surface area contributed by atoms with Crippen molar-refractivity contribution in [1.82, 2.24) is 10.2 Å². The van der Waals surface area contributed by atoms with E-state index in [-0.39, 0.29) is 12.0 Å². The van der Waals surface area contributed by atoms with Gasteiger partial charge in [-0.3, -0.25) is 9.69 Å². The number of nitrogens with zero attached hydrogens (tertiary/aromatic N) is 2. The molecule has 8 nitrogen and oxygen atoms in total. The largest absolute Gasteiger partial charge is 0.495 e. The van der Waals surface area contributed by atoms with Gasteiger partial charge in [-0.15, -0.1) is 0 Å². The molecule has 2 fully saturated rings. The Kier molecular flexibility index (Phi) is 8.74. The van der Waals surface area contributed by atoms with Gasteiger partial charge in [0.2, 0.25) is 0 Å². The number of carbonyl (C=O) groups excluding carboxylic acids is 1. The van der Waals surface area contributed by atoms with Gasteiger partial charge in [0.25, 0.3) is 5.91 Å². The summed E-state index contributed by atoms with van der Waals surface area (Å²) < 4.78 is 16.4.